The molecule has 1 aromatic heterocycles. The first-order valence-electron chi connectivity index (χ1n) is 5.69. The van der Waals surface area contributed by atoms with Gasteiger partial charge in [-0.1, -0.05) is 0 Å². The Balaban J connectivity index is 2.14. The van der Waals surface area contributed by atoms with Crippen LogP contribution in [0.2, 0.25) is 0 Å². The van der Waals surface area contributed by atoms with Gasteiger partial charge in [0.1, 0.15) is 6.10 Å². The number of aliphatic carboxylic acids is 1. The van der Waals surface area contributed by atoms with E-state index in [2.05, 4.69) is 15.5 Å². The molecule has 0 aromatic carbocycles. The van der Waals surface area contributed by atoms with Crippen molar-refractivity contribution in [3.8, 4) is 0 Å². The lowest BCUT2D eigenvalue weighted by atomic mass is 9.94. The van der Waals surface area contributed by atoms with Crippen molar-refractivity contribution < 1.29 is 19.4 Å². The standard InChI is InChI=1S/C10H16N4O4/c1-10(2,9(15)16)6-14-8(11-12-13-14)7-5-17-3-4-18-7/h7H,3-6H2,1-2H3,(H,15,16). The van der Waals surface area contributed by atoms with Gasteiger partial charge in [0.25, 0.3) is 0 Å². The fourth-order valence-electron chi connectivity index (χ4n) is 1.63. The Hall–Kier alpha value is -1.54. The molecule has 0 spiro atoms. The summed E-state index contributed by atoms with van der Waals surface area (Å²) in [6.07, 6.45) is -0.335. The number of nitrogens with zero attached hydrogens (tertiary/aromatic N) is 4. The first-order chi connectivity index (χ1) is 8.50. The van der Waals surface area contributed by atoms with Gasteiger partial charge in [0, 0.05) is 0 Å². The van der Waals surface area contributed by atoms with Crippen LogP contribution in [0.25, 0.3) is 0 Å². The van der Waals surface area contributed by atoms with Crippen molar-refractivity contribution in [2.75, 3.05) is 19.8 Å². The van der Waals surface area contributed by atoms with E-state index < -0.39 is 11.4 Å². The van der Waals surface area contributed by atoms with Crippen molar-refractivity contribution in [2.45, 2.75) is 26.5 Å². The second-order valence-electron chi connectivity index (χ2n) is 4.82. The zero-order chi connectivity index (χ0) is 13.2. The number of rotatable bonds is 4. The molecule has 1 aromatic rings. The number of carboxylic acid groups (broad SMARTS) is 1. The summed E-state index contributed by atoms with van der Waals surface area (Å²) in [6, 6.07) is 0. The maximum Gasteiger partial charge on any atom is 0.310 e. The van der Waals surface area contributed by atoms with Crippen LogP contribution in [-0.2, 0) is 20.8 Å². The highest BCUT2D eigenvalue weighted by Gasteiger charge is 2.31. The van der Waals surface area contributed by atoms with E-state index in [0.29, 0.717) is 25.6 Å². The highest BCUT2D eigenvalue weighted by atomic mass is 16.6. The van der Waals surface area contributed by atoms with Crippen LogP contribution >= 0.6 is 0 Å². The van der Waals surface area contributed by atoms with Crippen molar-refractivity contribution >= 4 is 5.97 Å². The van der Waals surface area contributed by atoms with Crippen LogP contribution in [-0.4, -0.2) is 51.1 Å². The molecule has 0 saturated carbocycles. The van der Waals surface area contributed by atoms with Gasteiger partial charge in [-0.15, -0.1) is 5.10 Å². The minimum atomic E-state index is -0.945. The molecule has 0 aliphatic carbocycles. The van der Waals surface area contributed by atoms with E-state index in [1.54, 1.807) is 13.8 Å². The number of hydrogen-bond acceptors (Lipinski definition) is 6. The summed E-state index contributed by atoms with van der Waals surface area (Å²) < 4.78 is 12.3. The van der Waals surface area contributed by atoms with E-state index >= 15 is 0 Å². The van der Waals surface area contributed by atoms with E-state index in [1.165, 1.54) is 4.68 Å². The quantitative estimate of drug-likeness (QED) is 0.801. The summed E-state index contributed by atoms with van der Waals surface area (Å²) in [6.45, 7) is 4.86. The van der Waals surface area contributed by atoms with E-state index in [-0.39, 0.29) is 12.6 Å². The summed E-state index contributed by atoms with van der Waals surface area (Å²) in [5, 5.41) is 20.4. The second kappa shape index (κ2) is 4.99. The molecule has 1 saturated heterocycles. The summed E-state index contributed by atoms with van der Waals surface area (Å²) >= 11 is 0. The van der Waals surface area contributed by atoms with Crippen molar-refractivity contribution in [3.05, 3.63) is 5.82 Å². The molecule has 0 amide bonds. The summed E-state index contributed by atoms with van der Waals surface area (Å²) in [5.41, 5.74) is -0.945. The van der Waals surface area contributed by atoms with Gasteiger partial charge < -0.3 is 14.6 Å². The van der Waals surface area contributed by atoms with Crippen LogP contribution in [0.5, 0.6) is 0 Å². The lowest BCUT2D eigenvalue weighted by Crippen LogP contribution is -2.32. The van der Waals surface area contributed by atoms with Crippen molar-refractivity contribution in [2.24, 2.45) is 5.41 Å². The topological polar surface area (TPSA) is 99.4 Å². The minimum absolute atomic E-state index is 0.185. The molecule has 0 bridgehead atoms. The van der Waals surface area contributed by atoms with Gasteiger partial charge in [-0.2, -0.15) is 0 Å². The van der Waals surface area contributed by atoms with Gasteiger partial charge in [-0.25, -0.2) is 4.68 Å². The molecule has 2 heterocycles. The molecule has 1 aliphatic rings. The first kappa shape index (κ1) is 12.9. The molecule has 1 atom stereocenters. The molecule has 1 unspecified atom stereocenters. The number of carboxylic acids is 1. The van der Waals surface area contributed by atoms with Crippen LogP contribution in [0, 0.1) is 5.41 Å². The molecule has 1 aliphatic heterocycles. The Morgan fingerprint density at radius 1 is 1.56 bits per heavy atom. The predicted molar refractivity (Wildman–Crippen MR) is 58.7 cm³/mol. The normalized spacial score (nSPS) is 20.9. The van der Waals surface area contributed by atoms with Crippen molar-refractivity contribution in [3.63, 3.8) is 0 Å². The zero-order valence-electron chi connectivity index (χ0n) is 10.4. The predicted octanol–water partition coefficient (Wildman–Crippen LogP) is -0.128. The van der Waals surface area contributed by atoms with Crippen LogP contribution in [0.1, 0.15) is 25.8 Å². The largest absolute Gasteiger partial charge is 0.481 e. The SMILES string of the molecule is CC(C)(Cn1nnnc1C1COCCO1)C(=O)O. The molecule has 18 heavy (non-hydrogen) atoms. The molecule has 8 nitrogen and oxygen atoms in total. The van der Waals surface area contributed by atoms with Crippen LogP contribution in [0.4, 0.5) is 0 Å². The highest BCUT2D eigenvalue weighted by molar-refractivity contribution is 5.73. The number of aromatic nitrogens is 4. The van der Waals surface area contributed by atoms with E-state index in [0.717, 1.165) is 0 Å². The number of ether oxygens (including phenoxy) is 2. The highest BCUT2D eigenvalue weighted by Crippen LogP contribution is 2.22. The van der Waals surface area contributed by atoms with E-state index in [9.17, 15) is 4.79 Å². The second-order valence-corrected chi connectivity index (χ2v) is 4.82. The monoisotopic (exact) mass is 256 g/mol. The van der Waals surface area contributed by atoms with Gasteiger partial charge in [0.2, 0.25) is 0 Å². The Kier molecular flexibility index (Phi) is 3.58. The lowest BCUT2D eigenvalue weighted by Gasteiger charge is -2.24. The number of carbonyl (C=O) groups is 1. The van der Waals surface area contributed by atoms with Crippen LogP contribution in [0.3, 0.4) is 0 Å². The molecule has 100 valence electrons. The average Bonchev–Trinajstić information content (AvgIpc) is 2.77. The van der Waals surface area contributed by atoms with Gasteiger partial charge in [0.15, 0.2) is 5.82 Å². The Morgan fingerprint density at radius 2 is 2.33 bits per heavy atom. The number of hydrogen-bond donors (Lipinski definition) is 1. The molecular weight excluding hydrogens is 240 g/mol. The molecule has 0 radical (unpaired) electrons. The molecule has 8 heteroatoms. The smallest absolute Gasteiger partial charge is 0.310 e. The maximum atomic E-state index is 11.1. The summed E-state index contributed by atoms with van der Waals surface area (Å²) in [5.74, 6) is -0.395. The van der Waals surface area contributed by atoms with Crippen LogP contribution in [0.15, 0.2) is 0 Å². The summed E-state index contributed by atoms with van der Waals surface area (Å²) in [7, 11) is 0. The molecule has 2 rings (SSSR count). The fraction of sp³-hybridized carbons (Fsp3) is 0.800. The average molecular weight is 256 g/mol. The maximum absolute atomic E-state index is 11.1. The Morgan fingerprint density at radius 3 is 2.94 bits per heavy atom. The molecule has 1 N–H and O–H groups in total. The van der Waals surface area contributed by atoms with Gasteiger partial charge in [-0.05, 0) is 24.3 Å². The van der Waals surface area contributed by atoms with Crippen molar-refractivity contribution in [1.82, 2.24) is 20.2 Å². The summed E-state index contributed by atoms with van der Waals surface area (Å²) in [4.78, 5) is 11.1. The minimum Gasteiger partial charge on any atom is -0.481 e. The first-order valence-corrected chi connectivity index (χ1v) is 5.69. The molecule has 1 fully saturated rings. The number of tetrazole rings is 1. The molecular formula is C10H16N4O4. The third kappa shape index (κ3) is 2.65. The van der Waals surface area contributed by atoms with E-state index in [1.807, 2.05) is 0 Å². The van der Waals surface area contributed by atoms with Crippen molar-refractivity contribution in [1.29, 1.82) is 0 Å². The Bertz CT molecular complexity index is 425. The van der Waals surface area contributed by atoms with Gasteiger partial charge in [0.05, 0.1) is 31.8 Å². The van der Waals surface area contributed by atoms with Crippen LogP contribution < -0.4 is 0 Å². The third-order valence-electron chi connectivity index (χ3n) is 2.79. The third-order valence-corrected chi connectivity index (χ3v) is 2.79. The fourth-order valence-corrected chi connectivity index (χ4v) is 1.63. The Labute approximate surface area is 104 Å². The zero-order valence-corrected chi connectivity index (χ0v) is 10.4. The van der Waals surface area contributed by atoms with E-state index in [4.69, 9.17) is 14.6 Å². The lowest BCUT2D eigenvalue weighted by molar-refractivity contribution is -0.148. The van der Waals surface area contributed by atoms with Gasteiger partial charge >= 0.3 is 5.97 Å². The van der Waals surface area contributed by atoms with Gasteiger partial charge in [-0.3, -0.25) is 4.79 Å².